The van der Waals surface area contributed by atoms with Gasteiger partial charge < -0.3 is 10.2 Å². The Kier molecular flexibility index (Phi) is 6.41. The topological polar surface area (TPSA) is 125 Å². The van der Waals surface area contributed by atoms with E-state index in [1.807, 2.05) is 0 Å². The molecule has 4 amide bonds. The van der Waals surface area contributed by atoms with E-state index in [9.17, 15) is 27.2 Å². The maximum Gasteiger partial charge on any atom is 0.322 e. The minimum atomic E-state index is -4.15. The highest BCUT2D eigenvalue weighted by Crippen LogP contribution is 2.30. The number of likely N-dealkylation sites (tertiary alicyclic amines) is 1. The van der Waals surface area contributed by atoms with Gasteiger partial charge in [-0.3, -0.25) is 14.9 Å². The molecule has 180 valence electrons. The molecular weight excluding hydrogens is 463 g/mol. The molecule has 11 heteroatoms. The maximum absolute atomic E-state index is 13.7. The van der Waals surface area contributed by atoms with E-state index in [0.29, 0.717) is 24.9 Å². The van der Waals surface area contributed by atoms with Gasteiger partial charge in [0.25, 0.3) is 5.91 Å². The van der Waals surface area contributed by atoms with Crippen molar-refractivity contribution < 1.29 is 27.2 Å². The van der Waals surface area contributed by atoms with Crippen molar-refractivity contribution in [2.75, 3.05) is 6.54 Å². The lowest BCUT2D eigenvalue weighted by Crippen LogP contribution is -2.51. The van der Waals surface area contributed by atoms with Gasteiger partial charge in [0.15, 0.2) is 0 Å². The van der Waals surface area contributed by atoms with Crippen molar-refractivity contribution in [3.8, 4) is 0 Å². The van der Waals surface area contributed by atoms with E-state index in [0.717, 1.165) is 24.3 Å². The fourth-order valence-corrected chi connectivity index (χ4v) is 5.62. The Bertz CT molecular complexity index is 1210. The van der Waals surface area contributed by atoms with E-state index in [-0.39, 0.29) is 17.4 Å². The highest BCUT2D eigenvalue weighted by molar-refractivity contribution is 7.89. The molecule has 3 atom stereocenters. The van der Waals surface area contributed by atoms with Gasteiger partial charge in [-0.05, 0) is 56.0 Å². The zero-order valence-electron chi connectivity index (χ0n) is 18.5. The standard InChI is InChI=1S/C23H25FN4O5S/c1-23(21(30)25-22(31)26-23)14-17-8-5-13-28(17)20(29)19(15-6-3-2-4-7-15)27-34(32,33)18-11-9-16(24)10-12-18/h2-4,6-7,9-12,17,19,27H,5,8,13-14H2,1H3,(H2,25,26,30,31). The van der Waals surface area contributed by atoms with Crippen LogP contribution in [0.1, 0.15) is 37.8 Å². The first-order valence-electron chi connectivity index (χ1n) is 10.9. The number of rotatable bonds is 7. The van der Waals surface area contributed by atoms with Crippen molar-refractivity contribution in [1.29, 1.82) is 0 Å². The third kappa shape index (κ3) is 4.80. The first-order chi connectivity index (χ1) is 16.1. The Hall–Kier alpha value is -3.31. The number of carbonyl (C=O) groups is 3. The van der Waals surface area contributed by atoms with Crippen LogP contribution < -0.4 is 15.4 Å². The molecule has 0 spiro atoms. The van der Waals surface area contributed by atoms with Crippen LogP contribution in [0.15, 0.2) is 59.5 Å². The Morgan fingerprint density at radius 3 is 2.47 bits per heavy atom. The van der Waals surface area contributed by atoms with Crippen LogP contribution in [0.2, 0.25) is 0 Å². The maximum atomic E-state index is 13.7. The molecule has 2 aliphatic rings. The summed E-state index contributed by atoms with van der Waals surface area (Å²) < 4.78 is 41.8. The Morgan fingerprint density at radius 2 is 1.85 bits per heavy atom. The van der Waals surface area contributed by atoms with Crippen molar-refractivity contribution in [3.63, 3.8) is 0 Å². The molecule has 3 unspecified atom stereocenters. The average molecular weight is 489 g/mol. The number of amides is 4. The quantitative estimate of drug-likeness (QED) is 0.513. The van der Waals surface area contributed by atoms with Crippen molar-refractivity contribution in [1.82, 2.24) is 20.3 Å². The Labute approximate surface area is 196 Å². The normalized spacial score (nSPS) is 23.5. The summed E-state index contributed by atoms with van der Waals surface area (Å²) >= 11 is 0. The number of imide groups is 1. The molecule has 0 radical (unpaired) electrons. The molecule has 0 aromatic heterocycles. The fourth-order valence-electron chi connectivity index (χ4n) is 4.44. The van der Waals surface area contributed by atoms with Crippen LogP contribution >= 0.6 is 0 Å². The molecule has 2 fully saturated rings. The number of nitrogens with one attached hydrogen (secondary N) is 3. The van der Waals surface area contributed by atoms with E-state index < -0.39 is 45.3 Å². The second-order valence-corrected chi connectivity index (χ2v) is 10.4. The summed E-state index contributed by atoms with van der Waals surface area (Å²) in [5.74, 6) is -1.51. The van der Waals surface area contributed by atoms with Gasteiger partial charge in [-0.15, -0.1) is 0 Å². The van der Waals surface area contributed by atoms with Crippen molar-refractivity contribution >= 4 is 27.9 Å². The number of carbonyl (C=O) groups excluding carboxylic acids is 3. The number of benzene rings is 2. The first-order valence-corrected chi connectivity index (χ1v) is 12.3. The van der Waals surface area contributed by atoms with Gasteiger partial charge in [0.05, 0.1) is 4.90 Å². The molecule has 0 saturated carbocycles. The zero-order chi connectivity index (χ0) is 24.5. The molecule has 2 heterocycles. The largest absolute Gasteiger partial charge is 0.338 e. The SMILES string of the molecule is CC1(CC2CCCN2C(=O)C(NS(=O)(=O)c2ccc(F)cc2)c2ccccc2)NC(=O)NC1=O. The summed E-state index contributed by atoms with van der Waals surface area (Å²) in [4.78, 5) is 39.0. The summed E-state index contributed by atoms with van der Waals surface area (Å²) in [6.45, 7) is 1.98. The predicted molar refractivity (Wildman–Crippen MR) is 120 cm³/mol. The minimum absolute atomic E-state index is 0.168. The Balaban J connectivity index is 1.61. The predicted octanol–water partition coefficient (Wildman–Crippen LogP) is 1.82. The number of hydrogen-bond acceptors (Lipinski definition) is 5. The van der Waals surface area contributed by atoms with E-state index in [1.54, 1.807) is 42.2 Å². The number of urea groups is 1. The molecule has 3 N–H and O–H groups in total. The van der Waals surface area contributed by atoms with Crippen LogP contribution in [-0.4, -0.2) is 49.3 Å². The summed E-state index contributed by atoms with van der Waals surface area (Å²) in [6.07, 6.45) is 1.48. The molecule has 0 bridgehead atoms. The molecule has 34 heavy (non-hydrogen) atoms. The summed E-state index contributed by atoms with van der Waals surface area (Å²) in [5.41, 5.74) is -0.720. The van der Waals surface area contributed by atoms with Gasteiger partial charge >= 0.3 is 6.03 Å². The third-order valence-electron chi connectivity index (χ3n) is 6.20. The monoisotopic (exact) mass is 488 g/mol. The second-order valence-electron chi connectivity index (χ2n) is 8.69. The van der Waals surface area contributed by atoms with Crippen molar-refractivity contribution in [2.45, 2.75) is 48.7 Å². The smallest absolute Gasteiger partial charge is 0.322 e. The second kappa shape index (κ2) is 9.15. The molecular formula is C23H25FN4O5S. The van der Waals surface area contributed by atoms with Crippen LogP contribution in [0, 0.1) is 5.82 Å². The van der Waals surface area contributed by atoms with Gasteiger partial charge in [0.2, 0.25) is 15.9 Å². The number of sulfonamides is 1. The number of nitrogens with zero attached hydrogens (tertiary/aromatic N) is 1. The molecule has 2 aromatic carbocycles. The lowest BCUT2D eigenvalue weighted by atomic mass is 9.91. The number of halogens is 1. The molecule has 4 rings (SSSR count). The summed E-state index contributed by atoms with van der Waals surface area (Å²) in [6, 6.07) is 10.6. The van der Waals surface area contributed by atoms with Gasteiger partial charge in [0, 0.05) is 12.6 Å². The van der Waals surface area contributed by atoms with E-state index in [4.69, 9.17) is 0 Å². The van der Waals surface area contributed by atoms with Gasteiger partial charge in [0.1, 0.15) is 17.4 Å². The highest BCUT2D eigenvalue weighted by atomic mass is 32.2. The highest BCUT2D eigenvalue weighted by Gasteiger charge is 2.46. The first kappa shape index (κ1) is 23.8. The van der Waals surface area contributed by atoms with Crippen LogP contribution in [0.25, 0.3) is 0 Å². The molecule has 0 aliphatic carbocycles. The lowest BCUT2D eigenvalue weighted by Gasteiger charge is -2.33. The van der Waals surface area contributed by atoms with E-state index >= 15 is 0 Å². The molecule has 2 saturated heterocycles. The van der Waals surface area contributed by atoms with Crippen LogP contribution in [0.5, 0.6) is 0 Å². The van der Waals surface area contributed by atoms with Crippen molar-refractivity contribution in [3.05, 3.63) is 66.0 Å². The van der Waals surface area contributed by atoms with Gasteiger partial charge in [-0.2, -0.15) is 4.72 Å². The zero-order valence-corrected chi connectivity index (χ0v) is 19.3. The average Bonchev–Trinajstić information content (AvgIpc) is 3.35. The van der Waals surface area contributed by atoms with Gasteiger partial charge in [-0.25, -0.2) is 17.6 Å². The van der Waals surface area contributed by atoms with Crippen LogP contribution in [0.4, 0.5) is 9.18 Å². The minimum Gasteiger partial charge on any atom is -0.338 e. The fraction of sp³-hybridized carbons (Fsp3) is 0.348. The van der Waals surface area contributed by atoms with Crippen LogP contribution in [0.3, 0.4) is 0 Å². The van der Waals surface area contributed by atoms with E-state index in [1.165, 1.54) is 0 Å². The van der Waals surface area contributed by atoms with E-state index in [2.05, 4.69) is 15.4 Å². The number of hydrogen-bond donors (Lipinski definition) is 3. The van der Waals surface area contributed by atoms with Crippen molar-refractivity contribution in [2.24, 2.45) is 0 Å². The summed E-state index contributed by atoms with van der Waals surface area (Å²) in [5, 5.41) is 4.83. The Morgan fingerprint density at radius 1 is 1.18 bits per heavy atom. The van der Waals surface area contributed by atoms with Gasteiger partial charge in [-0.1, -0.05) is 30.3 Å². The summed E-state index contributed by atoms with van der Waals surface area (Å²) in [7, 11) is -4.15. The van der Waals surface area contributed by atoms with Crippen LogP contribution in [-0.2, 0) is 19.6 Å². The molecule has 9 nitrogen and oxygen atoms in total. The lowest BCUT2D eigenvalue weighted by molar-refractivity contribution is -0.135. The molecule has 2 aliphatic heterocycles. The molecule has 2 aromatic rings. The third-order valence-corrected chi connectivity index (χ3v) is 7.64.